The average molecular weight is 124 g/mol. The average Bonchev–Trinajstić information content (AvgIpc) is 1.77. The van der Waals surface area contributed by atoms with Gasteiger partial charge in [-0.15, -0.1) is 0 Å². The summed E-state index contributed by atoms with van der Waals surface area (Å²) < 4.78 is 0. The molecule has 0 amide bonds. The normalized spacial score (nSPS) is 22.8. The number of rotatable bonds is 0. The molecule has 1 aliphatic heterocycles. The van der Waals surface area contributed by atoms with Gasteiger partial charge in [0.1, 0.15) is 0 Å². The molecule has 0 spiro atoms. The Balaban J connectivity index is 2.83. The van der Waals surface area contributed by atoms with Crippen LogP contribution in [-0.2, 0) is 0 Å². The molecule has 0 aromatic heterocycles. The fourth-order valence-corrected chi connectivity index (χ4v) is 0.660. The van der Waals surface area contributed by atoms with Crippen LogP contribution in [0.2, 0.25) is 0 Å². The van der Waals surface area contributed by atoms with Gasteiger partial charge < -0.3 is 5.32 Å². The van der Waals surface area contributed by atoms with Crippen LogP contribution in [0.4, 0.5) is 0 Å². The number of hydrogen-bond acceptors (Lipinski definition) is 2. The Morgan fingerprint density at radius 2 is 2.22 bits per heavy atom. The van der Waals surface area contributed by atoms with Crippen molar-refractivity contribution < 1.29 is 0 Å². The molecule has 0 radical (unpaired) electrons. The van der Waals surface area contributed by atoms with E-state index in [4.69, 9.17) is 0 Å². The van der Waals surface area contributed by atoms with Crippen LogP contribution in [0.25, 0.3) is 0 Å². The predicted molar refractivity (Wildman–Crippen MR) is 39.5 cm³/mol. The van der Waals surface area contributed by atoms with Crippen LogP contribution in [0, 0.1) is 0 Å². The van der Waals surface area contributed by atoms with Gasteiger partial charge in [-0.2, -0.15) is 0 Å². The van der Waals surface area contributed by atoms with E-state index in [-0.39, 0.29) is 5.54 Å². The number of nitrogens with zero attached hydrogens (tertiary/aromatic N) is 1. The van der Waals surface area contributed by atoms with E-state index in [1.165, 1.54) is 0 Å². The van der Waals surface area contributed by atoms with Crippen molar-refractivity contribution in [2.45, 2.75) is 26.3 Å². The molecule has 1 aliphatic rings. The topological polar surface area (TPSA) is 24.4 Å². The molecule has 0 bridgehead atoms. The lowest BCUT2D eigenvalue weighted by atomic mass is 9.99. The Morgan fingerprint density at radius 3 is 2.56 bits per heavy atom. The van der Waals surface area contributed by atoms with Crippen LogP contribution in [0.1, 0.15) is 20.8 Å². The highest BCUT2D eigenvalue weighted by Gasteiger charge is 2.20. The van der Waals surface area contributed by atoms with Crippen molar-refractivity contribution in [2.75, 3.05) is 0 Å². The molecular formula is C7H12N2. The van der Waals surface area contributed by atoms with Crippen molar-refractivity contribution in [3.05, 3.63) is 12.4 Å². The Kier molecular flexibility index (Phi) is 1.31. The minimum atomic E-state index is 0.0503. The Labute approximate surface area is 55.7 Å². The molecule has 1 heterocycles. The minimum Gasteiger partial charge on any atom is -0.379 e. The lowest BCUT2D eigenvalue weighted by Crippen LogP contribution is -2.43. The summed E-state index contributed by atoms with van der Waals surface area (Å²) in [6.07, 6.45) is 3.65. The van der Waals surface area contributed by atoms with Crippen LogP contribution in [0.5, 0.6) is 0 Å². The maximum Gasteiger partial charge on any atom is 0.0692 e. The first-order valence-electron chi connectivity index (χ1n) is 3.10. The summed E-state index contributed by atoms with van der Waals surface area (Å²) >= 11 is 0. The summed E-state index contributed by atoms with van der Waals surface area (Å²) in [4.78, 5) is 4.16. The summed E-state index contributed by atoms with van der Waals surface area (Å²) in [6, 6.07) is 0. The second-order valence-corrected chi connectivity index (χ2v) is 2.80. The van der Waals surface area contributed by atoms with Crippen LogP contribution < -0.4 is 5.32 Å². The zero-order valence-corrected chi connectivity index (χ0v) is 6.10. The lowest BCUT2D eigenvalue weighted by Gasteiger charge is -2.27. The van der Waals surface area contributed by atoms with E-state index in [1.807, 2.05) is 13.1 Å². The molecule has 2 nitrogen and oxygen atoms in total. The van der Waals surface area contributed by atoms with Crippen molar-refractivity contribution in [3.8, 4) is 0 Å². The first-order valence-corrected chi connectivity index (χ1v) is 3.10. The summed E-state index contributed by atoms with van der Waals surface area (Å²) in [5.74, 6) is 0. The Bertz CT molecular complexity index is 166. The van der Waals surface area contributed by atoms with Gasteiger partial charge in [-0.25, -0.2) is 0 Å². The summed E-state index contributed by atoms with van der Waals surface area (Å²) in [6.45, 7) is 6.24. The molecular weight excluding hydrogens is 112 g/mol. The second-order valence-electron chi connectivity index (χ2n) is 2.80. The van der Waals surface area contributed by atoms with Crippen LogP contribution in [0.15, 0.2) is 17.4 Å². The van der Waals surface area contributed by atoms with Gasteiger partial charge in [0, 0.05) is 18.1 Å². The molecule has 0 aliphatic carbocycles. The van der Waals surface area contributed by atoms with Gasteiger partial charge in [0.15, 0.2) is 0 Å². The van der Waals surface area contributed by atoms with E-state index < -0.39 is 0 Å². The van der Waals surface area contributed by atoms with Gasteiger partial charge in [-0.1, -0.05) is 0 Å². The maximum atomic E-state index is 4.16. The molecule has 0 aromatic carbocycles. The molecule has 1 N–H and O–H groups in total. The molecule has 0 atom stereocenters. The van der Waals surface area contributed by atoms with Crippen molar-refractivity contribution in [1.29, 1.82) is 0 Å². The Hall–Kier alpha value is -0.790. The number of hydrogen-bond donors (Lipinski definition) is 1. The minimum absolute atomic E-state index is 0.0503. The molecule has 0 saturated carbocycles. The molecule has 50 valence electrons. The van der Waals surface area contributed by atoms with Crippen LogP contribution >= 0.6 is 0 Å². The van der Waals surface area contributed by atoms with Crippen molar-refractivity contribution >= 4 is 5.71 Å². The zero-order chi connectivity index (χ0) is 6.91. The molecule has 0 saturated heterocycles. The number of nitrogens with one attached hydrogen (secondary N) is 1. The van der Waals surface area contributed by atoms with Crippen molar-refractivity contribution in [1.82, 2.24) is 5.32 Å². The van der Waals surface area contributed by atoms with E-state index >= 15 is 0 Å². The Morgan fingerprint density at radius 1 is 1.56 bits per heavy atom. The van der Waals surface area contributed by atoms with Crippen LogP contribution in [-0.4, -0.2) is 11.3 Å². The molecule has 0 unspecified atom stereocenters. The first-order chi connectivity index (χ1) is 4.13. The third-order valence-corrected chi connectivity index (χ3v) is 1.69. The third kappa shape index (κ3) is 1.12. The second kappa shape index (κ2) is 1.87. The highest BCUT2D eigenvalue weighted by atomic mass is 15.0. The first kappa shape index (κ1) is 6.33. The van der Waals surface area contributed by atoms with E-state index in [2.05, 4.69) is 24.2 Å². The largest absolute Gasteiger partial charge is 0.379 e. The highest BCUT2D eigenvalue weighted by Crippen LogP contribution is 2.08. The monoisotopic (exact) mass is 124 g/mol. The fourth-order valence-electron chi connectivity index (χ4n) is 0.660. The van der Waals surface area contributed by atoms with Gasteiger partial charge in [0.2, 0.25) is 0 Å². The molecule has 1 rings (SSSR count). The van der Waals surface area contributed by atoms with Crippen LogP contribution in [0.3, 0.4) is 0 Å². The van der Waals surface area contributed by atoms with Gasteiger partial charge in [0.25, 0.3) is 0 Å². The van der Waals surface area contributed by atoms with Crippen molar-refractivity contribution in [3.63, 3.8) is 0 Å². The summed E-state index contributed by atoms with van der Waals surface area (Å²) in [5.41, 5.74) is 1.18. The van der Waals surface area contributed by atoms with E-state index in [9.17, 15) is 0 Å². The van der Waals surface area contributed by atoms with E-state index in [1.54, 1.807) is 6.20 Å². The highest BCUT2D eigenvalue weighted by molar-refractivity contribution is 5.91. The van der Waals surface area contributed by atoms with E-state index in [0.29, 0.717) is 0 Å². The van der Waals surface area contributed by atoms with Gasteiger partial charge in [-0.05, 0) is 20.8 Å². The third-order valence-electron chi connectivity index (χ3n) is 1.69. The van der Waals surface area contributed by atoms with E-state index in [0.717, 1.165) is 5.71 Å². The quantitative estimate of drug-likeness (QED) is 0.517. The molecule has 2 heteroatoms. The summed E-state index contributed by atoms with van der Waals surface area (Å²) in [5, 5.41) is 3.20. The fraction of sp³-hybridized carbons (Fsp3) is 0.571. The SMILES string of the molecule is CC1=NC=CNC1(C)C. The zero-order valence-electron chi connectivity index (χ0n) is 6.10. The standard InChI is InChI=1S/C7H12N2/c1-6-7(2,3)9-5-4-8-6/h4-5,9H,1-3H3. The van der Waals surface area contributed by atoms with Gasteiger partial charge in [-0.3, -0.25) is 4.99 Å². The molecule has 0 fully saturated rings. The molecule has 0 aromatic rings. The summed E-state index contributed by atoms with van der Waals surface area (Å²) in [7, 11) is 0. The van der Waals surface area contributed by atoms with Gasteiger partial charge in [0.05, 0.1) is 5.54 Å². The van der Waals surface area contributed by atoms with Gasteiger partial charge >= 0.3 is 0 Å². The lowest BCUT2D eigenvalue weighted by molar-refractivity contribution is 0.580. The maximum absolute atomic E-state index is 4.16. The predicted octanol–water partition coefficient (Wildman–Crippen LogP) is 1.30. The van der Waals surface area contributed by atoms with Crippen molar-refractivity contribution in [2.24, 2.45) is 4.99 Å². The molecule has 9 heavy (non-hydrogen) atoms. The number of aliphatic imine (C=N–C) groups is 1. The smallest absolute Gasteiger partial charge is 0.0692 e.